The molecular formula is C9H17N3O3. The van der Waals surface area contributed by atoms with Crippen LogP contribution in [0.1, 0.15) is 0 Å². The number of rotatable bonds is 9. The first-order valence-corrected chi connectivity index (χ1v) is 4.90. The van der Waals surface area contributed by atoms with Crippen molar-refractivity contribution in [2.75, 3.05) is 40.1 Å². The van der Waals surface area contributed by atoms with Crippen LogP contribution in [0.4, 0.5) is 0 Å². The van der Waals surface area contributed by atoms with Gasteiger partial charge in [-0.15, -0.1) is 0 Å². The van der Waals surface area contributed by atoms with Crippen LogP contribution in [0.5, 0.6) is 0 Å². The summed E-state index contributed by atoms with van der Waals surface area (Å²) in [5.41, 5.74) is 0. The number of methoxy groups -OCH3 is 1. The summed E-state index contributed by atoms with van der Waals surface area (Å²) in [5, 5.41) is 3.95. The molecule has 0 fully saturated rings. The number of hydrogen-bond acceptors (Lipinski definition) is 5. The minimum atomic E-state index is 0.596. The summed E-state index contributed by atoms with van der Waals surface area (Å²) in [7, 11) is 1.65. The van der Waals surface area contributed by atoms with Gasteiger partial charge in [-0.2, -0.15) is 5.10 Å². The lowest BCUT2D eigenvalue weighted by atomic mass is 10.6. The van der Waals surface area contributed by atoms with Crippen LogP contribution in [0.2, 0.25) is 0 Å². The van der Waals surface area contributed by atoms with Crippen LogP contribution in [0.15, 0.2) is 12.7 Å². The summed E-state index contributed by atoms with van der Waals surface area (Å²) in [6, 6.07) is 0. The second-order valence-electron chi connectivity index (χ2n) is 2.88. The first-order chi connectivity index (χ1) is 7.43. The topological polar surface area (TPSA) is 58.4 Å². The molecule has 6 nitrogen and oxygen atoms in total. The molecule has 0 bridgehead atoms. The van der Waals surface area contributed by atoms with E-state index >= 15 is 0 Å². The Bertz CT molecular complexity index is 229. The van der Waals surface area contributed by atoms with Crippen molar-refractivity contribution in [2.24, 2.45) is 0 Å². The van der Waals surface area contributed by atoms with E-state index in [1.807, 2.05) is 0 Å². The van der Waals surface area contributed by atoms with Gasteiger partial charge in [-0.3, -0.25) is 4.68 Å². The van der Waals surface area contributed by atoms with E-state index in [-0.39, 0.29) is 0 Å². The summed E-state index contributed by atoms with van der Waals surface area (Å²) < 4.78 is 17.1. The summed E-state index contributed by atoms with van der Waals surface area (Å²) in [5.74, 6) is 0. The van der Waals surface area contributed by atoms with Gasteiger partial charge in [0.25, 0.3) is 0 Å². The Morgan fingerprint density at radius 2 is 1.80 bits per heavy atom. The zero-order valence-corrected chi connectivity index (χ0v) is 8.96. The molecule has 0 aromatic carbocycles. The average Bonchev–Trinajstić information content (AvgIpc) is 2.75. The molecule has 1 heterocycles. The highest BCUT2D eigenvalue weighted by Gasteiger charge is 1.92. The van der Waals surface area contributed by atoms with Gasteiger partial charge in [0.1, 0.15) is 12.7 Å². The molecule has 6 heteroatoms. The Hall–Kier alpha value is -0.980. The Morgan fingerprint density at radius 1 is 1.07 bits per heavy atom. The minimum Gasteiger partial charge on any atom is -0.382 e. The first-order valence-electron chi connectivity index (χ1n) is 4.90. The van der Waals surface area contributed by atoms with E-state index in [0.29, 0.717) is 33.0 Å². The molecule has 0 unspecified atom stereocenters. The fraction of sp³-hybridized carbons (Fsp3) is 0.778. The second-order valence-corrected chi connectivity index (χ2v) is 2.88. The molecule has 0 atom stereocenters. The van der Waals surface area contributed by atoms with Gasteiger partial charge in [-0.05, 0) is 0 Å². The van der Waals surface area contributed by atoms with Crippen molar-refractivity contribution < 1.29 is 14.2 Å². The minimum absolute atomic E-state index is 0.596. The lowest BCUT2D eigenvalue weighted by Gasteiger charge is -2.05. The second kappa shape index (κ2) is 8.34. The van der Waals surface area contributed by atoms with Crippen LogP contribution < -0.4 is 0 Å². The van der Waals surface area contributed by atoms with Crippen molar-refractivity contribution in [3.05, 3.63) is 12.7 Å². The summed E-state index contributed by atoms with van der Waals surface area (Å²) >= 11 is 0. The van der Waals surface area contributed by atoms with Crippen molar-refractivity contribution in [1.82, 2.24) is 14.8 Å². The maximum atomic E-state index is 5.33. The molecule has 1 rings (SSSR count). The normalized spacial score (nSPS) is 10.7. The molecule has 0 saturated carbocycles. The lowest BCUT2D eigenvalue weighted by Crippen LogP contribution is -2.11. The van der Waals surface area contributed by atoms with E-state index in [0.717, 1.165) is 6.54 Å². The average molecular weight is 215 g/mol. The fourth-order valence-electron chi connectivity index (χ4n) is 0.971. The van der Waals surface area contributed by atoms with E-state index in [1.54, 1.807) is 18.1 Å². The molecule has 0 aliphatic carbocycles. The highest BCUT2D eigenvalue weighted by atomic mass is 16.5. The number of aromatic nitrogens is 3. The molecule has 0 spiro atoms. The van der Waals surface area contributed by atoms with Gasteiger partial charge >= 0.3 is 0 Å². The van der Waals surface area contributed by atoms with Crippen LogP contribution in [0.3, 0.4) is 0 Å². The largest absolute Gasteiger partial charge is 0.382 e. The quantitative estimate of drug-likeness (QED) is 0.541. The Balaban J connectivity index is 1.81. The maximum absolute atomic E-state index is 5.33. The van der Waals surface area contributed by atoms with E-state index in [4.69, 9.17) is 14.2 Å². The van der Waals surface area contributed by atoms with Crippen molar-refractivity contribution in [3.8, 4) is 0 Å². The molecule has 15 heavy (non-hydrogen) atoms. The van der Waals surface area contributed by atoms with Crippen LogP contribution in [-0.2, 0) is 20.8 Å². The Morgan fingerprint density at radius 3 is 2.47 bits per heavy atom. The fourth-order valence-corrected chi connectivity index (χ4v) is 0.971. The Labute approximate surface area is 89.2 Å². The van der Waals surface area contributed by atoms with E-state index in [2.05, 4.69) is 10.1 Å². The maximum Gasteiger partial charge on any atom is 0.137 e. The van der Waals surface area contributed by atoms with E-state index in [9.17, 15) is 0 Å². The van der Waals surface area contributed by atoms with E-state index in [1.165, 1.54) is 6.33 Å². The third-order valence-corrected chi connectivity index (χ3v) is 1.74. The van der Waals surface area contributed by atoms with E-state index < -0.39 is 0 Å². The summed E-state index contributed by atoms with van der Waals surface area (Å²) in [6.07, 6.45) is 3.17. The summed E-state index contributed by atoms with van der Waals surface area (Å²) in [6.45, 7) is 3.77. The van der Waals surface area contributed by atoms with Crippen molar-refractivity contribution >= 4 is 0 Å². The van der Waals surface area contributed by atoms with Crippen LogP contribution in [-0.4, -0.2) is 54.9 Å². The standard InChI is InChI=1S/C9H17N3O3/c1-13-4-5-15-7-6-14-3-2-12-9-10-8-11-12/h8-9H,2-7H2,1H3. The highest BCUT2D eigenvalue weighted by molar-refractivity contribution is 4.54. The van der Waals surface area contributed by atoms with Crippen LogP contribution >= 0.6 is 0 Å². The van der Waals surface area contributed by atoms with Gasteiger partial charge in [-0.25, -0.2) is 4.98 Å². The molecule has 0 saturated heterocycles. The van der Waals surface area contributed by atoms with Crippen molar-refractivity contribution in [2.45, 2.75) is 6.54 Å². The first kappa shape index (κ1) is 12.1. The molecule has 86 valence electrons. The van der Waals surface area contributed by atoms with Gasteiger partial charge in [0, 0.05) is 7.11 Å². The van der Waals surface area contributed by atoms with Crippen LogP contribution in [0, 0.1) is 0 Å². The van der Waals surface area contributed by atoms with Crippen LogP contribution in [0.25, 0.3) is 0 Å². The van der Waals surface area contributed by atoms with Gasteiger partial charge in [0.05, 0.1) is 39.6 Å². The molecule has 0 radical (unpaired) electrons. The van der Waals surface area contributed by atoms with Gasteiger partial charge < -0.3 is 14.2 Å². The molecule has 0 aliphatic heterocycles. The number of nitrogens with zero attached hydrogens (tertiary/aromatic N) is 3. The van der Waals surface area contributed by atoms with Crippen molar-refractivity contribution in [3.63, 3.8) is 0 Å². The highest BCUT2D eigenvalue weighted by Crippen LogP contribution is 1.83. The predicted molar refractivity (Wildman–Crippen MR) is 53.5 cm³/mol. The zero-order chi connectivity index (χ0) is 10.8. The van der Waals surface area contributed by atoms with Gasteiger partial charge in [-0.1, -0.05) is 0 Å². The smallest absolute Gasteiger partial charge is 0.137 e. The van der Waals surface area contributed by atoms with Gasteiger partial charge in [0.15, 0.2) is 0 Å². The Kier molecular flexibility index (Phi) is 6.72. The summed E-state index contributed by atoms with van der Waals surface area (Å²) in [4.78, 5) is 3.83. The zero-order valence-electron chi connectivity index (χ0n) is 8.96. The lowest BCUT2D eigenvalue weighted by molar-refractivity contribution is 0.0225. The molecule has 0 aliphatic rings. The molecular weight excluding hydrogens is 198 g/mol. The number of ether oxygens (including phenoxy) is 3. The monoisotopic (exact) mass is 215 g/mol. The molecule has 1 aromatic rings. The van der Waals surface area contributed by atoms with Crippen molar-refractivity contribution in [1.29, 1.82) is 0 Å². The van der Waals surface area contributed by atoms with Gasteiger partial charge in [0.2, 0.25) is 0 Å². The SMILES string of the molecule is COCCOCCOCCn1cncn1. The molecule has 0 N–H and O–H groups in total. The third-order valence-electron chi connectivity index (χ3n) is 1.74. The molecule has 1 aromatic heterocycles. The predicted octanol–water partition coefficient (Wildman–Crippen LogP) is -0.0423. The number of hydrogen-bond donors (Lipinski definition) is 0. The third kappa shape index (κ3) is 6.16. The molecule has 0 amide bonds.